The average molecular weight is 299 g/mol. The summed E-state index contributed by atoms with van der Waals surface area (Å²) in [6.07, 6.45) is 4.42. The van der Waals surface area contributed by atoms with Gasteiger partial charge in [-0.15, -0.1) is 0 Å². The fourth-order valence-electron chi connectivity index (χ4n) is 5.25. The van der Waals surface area contributed by atoms with Crippen LogP contribution < -0.4 is 9.47 Å². The van der Waals surface area contributed by atoms with Crippen LogP contribution >= 0.6 is 0 Å². The number of ether oxygens (including phenoxy) is 2. The van der Waals surface area contributed by atoms with Gasteiger partial charge in [-0.25, -0.2) is 0 Å². The zero-order valence-corrected chi connectivity index (χ0v) is 13.0. The second-order valence-corrected chi connectivity index (χ2v) is 7.05. The predicted molar refractivity (Wildman–Crippen MR) is 82.5 cm³/mol. The van der Waals surface area contributed by atoms with Crippen LogP contribution in [-0.2, 0) is 11.8 Å². The van der Waals surface area contributed by atoms with Crippen LogP contribution in [0.5, 0.6) is 11.5 Å². The summed E-state index contributed by atoms with van der Waals surface area (Å²) < 4.78 is 11.8. The first kappa shape index (κ1) is 13.0. The van der Waals surface area contributed by atoms with E-state index in [-0.39, 0.29) is 11.5 Å². The molecule has 0 aromatic heterocycles. The highest BCUT2D eigenvalue weighted by molar-refractivity contribution is 5.65. The third-order valence-corrected chi connectivity index (χ3v) is 6.21. The van der Waals surface area contributed by atoms with E-state index in [2.05, 4.69) is 24.1 Å². The number of hydrogen-bond acceptors (Lipinski definition) is 4. The number of piperidine rings is 1. The van der Waals surface area contributed by atoms with Crippen LogP contribution in [0.4, 0.5) is 0 Å². The molecule has 0 saturated carbocycles. The lowest BCUT2D eigenvalue weighted by atomic mass is 9.56. The Morgan fingerprint density at radius 3 is 3.09 bits per heavy atom. The Hall–Kier alpha value is -1.52. The molecule has 4 aliphatic rings. The summed E-state index contributed by atoms with van der Waals surface area (Å²) in [5, 5.41) is 10.6. The molecule has 0 radical (unpaired) electrons. The molecule has 2 bridgehead atoms. The lowest BCUT2D eigenvalue weighted by molar-refractivity contribution is -0.0124. The van der Waals surface area contributed by atoms with Crippen molar-refractivity contribution in [3.63, 3.8) is 0 Å². The van der Waals surface area contributed by atoms with Crippen molar-refractivity contribution in [1.82, 2.24) is 4.90 Å². The quantitative estimate of drug-likeness (QED) is 0.801. The first-order valence-electron chi connectivity index (χ1n) is 8.12. The molecule has 1 aromatic rings. The summed E-state index contributed by atoms with van der Waals surface area (Å²) in [6.45, 7) is 1.05. The third kappa shape index (κ3) is 1.28. The minimum Gasteiger partial charge on any atom is -0.493 e. The molecule has 22 heavy (non-hydrogen) atoms. The molecule has 1 spiro atoms. The van der Waals surface area contributed by atoms with Crippen LogP contribution in [0.1, 0.15) is 24.0 Å². The molecule has 2 aliphatic carbocycles. The van der Waals surface area contributed by atoms with Crippen molar-refractivity contribution < 1.29 is 14.6 Å². The van der Waals surface area contributed by atoms with Gasteiger partial charge in [0.2, 0.25) is 0 Å². The molecule has 1 fully saturated rings. The molecular weight excluding hydrogens is 278 g/mol. The summed E-state index contributed by atoms with van der Waals surface area (Å²) >= 11 is 0. The number of methoxy groups -OCH3 is 1. The van der Waals surface area contributed by atoms with Crippen LogP contribution in [0.2, 0.25) is 0 Å². The predicted octanol–water partition coefficient (Wildman–Crippen LogP) is 1.65. The van der Waals surface area contributed by atoms with Gasteiger partial charge in [-0.3, -0.25) is 4.90 Å². The minimum absolute atomic E-state index is 0.133. The molecule has 1 N–H and O–H groups in total. The number of likely N-dealkylation sites (tertiary alicyclic amines) is 1. The maximum atomic E-state index is 10.6. The number of aliphatic hydroxyl groups excluding tert-OH is 1. The first-order chi connectivity index (χ1) is 10.7. The van der Waals surface area contributed by atoms with Crippen molar-refractivity contribution in [2.75, 3.05) is 20.7 Å². The summed E-state index contributed by atoms with van der Waals surface area (Å²) in [5.74, 6) is 1.67. The van der Waals surface area contributed by atoms with Crippen molar-refractivity contribution >= 4 is 0 Å². The van der Waals surface area contributed by atoms with Gasteiger partial charge in [0.05, 0.1) is 18.6 Å². The minimum atomic E-state index is -0.434. The number of aliphatic hydroxyl groups is 1. The highest BCUT2D eigenvalue weighted by Crippen LogP contribution is 2.62. The van der Waals surface area contributed by atoms with Crippen molar-refractivity contribution in [2.45, 2.75) is 42.9 Å². The second-order valence-electron chi connectivity index (χ2n) is 7.05. The van der Waals surface area contributed by atoms with E-state index < -0.39 is 6.10 Å². The average Bonchev–Trinajstić information content (AvgIpc) is 2.88. The third-order valence-electron chi connectivity index (χ3n) is 6.21. The van der Waals surface area contributed by atoms with Gasteiger partial charge in [-0.1, -0.05) is 12.1 Å². The molecule has 4 nitrogen and oxygen atoms in total. The van der Waals surface area contributed by atoms with Crippen molar-refractivity contribution in [3.8, 4) is 11.5 Å². The number of rotatable bonds is 1. The molecule has 5 rings (SSSR count). The number of hydrogen-bond donors (Lipinski definition) is 1. The SMILES string of the molecule is COc1ccc2c3c1O[C@H]1[C@@H](O)CC=C4[C@@H](C2)N(C)CC[C@]431. The normalized spacial score (nSPS) is 38.1. The van der Waals surface area contributed by atoms with E-state index in [4.69, 9.17) is 9.47 Å². The Balaban J connectivity index is 1.84. The lowest BCUT2D eigenvalue weighted by Crippen LogP contribution is -2.61. The first-order valence-corrected chi connectivity index (χ1v) is 8.12. The highest BCUT2D eigenvalue weighted by Gasteiger charge is 2.62. The number of benzene rings is 1. The number of likely N-dealkylation sites (N-methyl/N-ethyl adjacent to an activating group) is 1. The van der Waals surface area contributed by atoms with Crippen LogP contribution in [0, 0.1) is 0 Å². The second kappa shape index (κ2) is 4.06. The van der Waals surface area contributed by atoms with Gasteiger partial charge in [0.15, 0.2) is 11.5 Å². The van der Waals surface area contributed by atoms with Crippen LogP contribution in [0.25, 0.3) is 0 Å². The standard InChI is InChI=1S/C18H21NO3/c1-19-8-7-18-11-4-5-13(20)17(18)22-16-14(21-2)6-3-10(15(16)18)9-12(11)19/h3-4,6,12-13,17,20H,5,7-9H2,1-2H3/t12-,13+,17+,18+/m1/s1. The molecule has 0 unspecified atom stereocenters. The Bertz CT molecular complexity index is 698. The van der Waals surface area contributed by atoms with E-state index >= 15 is 0 Å². The van der Waals surface area contributed by atoms with Gasteiger partial charge in [0, 0.05) is 11.6 Å². The zero-order chi connectivity index (χ0) is 15.1. The molecular formula is C18H21NO3. The van der Waals surface area contributed by atoms with Crippen molar-refractivity contribution in [3.05, 3.63) is 34.9 Å². The van der Waals surface area contributed by atoms with Crippen molar-refractivity contribution in [2.24, 2.45) is 0 Å². The maximum absolute atomic E-state index is 10.6. The summed E-state index contributed by atoms with van der Waals surface area (Å²) in [7, 11) is 3.90. The van der Waals surface area contributed by atoms with Gasteiger partial charge in [-0.05, 0) is 50.1 Å². The summed E-state index contributed by atoms with van der Waals surface area (Å²) in [5.41, 5.74) is 4.00. The van der Waals surface area contributed by atoms with E-state index in [0.717, 1.165) is 30.9 Å². The smallest absolute Gasteiger partial charge is 0.166 e. The van der Waals surface area contributed by atoms with Gasteiger partial charge in [0.25, 0.3) is 0 Å². The lowest BCUT2D eigenvalue weighted by Gasteiger charge is -2.54. The molecule has 116 valence electrons. The van der Waals surface area contributed by atoms with Crippen molar-refractivity contribution in [1.29, 1.82) is 0 Å². The molecule has 2 heterocycles. The van der Waals surface area contributed by atoms with E-state index in [1.807, 2.05) is 6.07 Å². The fraction of sp³-hybridized carbons (Fsp3) is 0.556. The van der Waals surface area contributed by atoms with Gasteiger partial charge in [-0.2, -0.15) is 0 Å². The maximum Gasteiger partial charge on any atom is 0.166 e. The zero-order valence-electron chi connectivity index (χ0n) is 13.0. The molecule has 1 aromatic carbocycles. The van der Waals surface area contributed by atoms with E-state index in [0.29, 0.717) is 12.5 Å². The highest BCUT2D eigenvalue weighted by atomic mass is 16.5. The molecule has 0 amide bonds. The monoisotopic (exact) mass is 299 g/mol. The van der Waals surface area contributed by atoms with Gasteiger partial charge in [0.1, 0.15) is 6.10 Å². The topological polar surface area (TPSA) is 41.9 Å². The van der Waals surface area contributed by atoms with E-state index in [9.17, 15) is 5.11 Å². The van der Waals surface area contributed by atoms with E-state index in [1.54, 1.807) is 7.11 Å². The Labute approximate surface area is 130 Å². The Kier molecular flexibility index (Phi) is 2.39. The Morgan fingerprint density at radius 2 is 2.27 bits per heavy atom. The molecule has 4 heteroatoms. The molecule has 1 saturated heterocycles. The summed E-state index contributed by atoms with van der Waals surface area (Å²) in [4.78, 5) is 2.46. The molecule has 4 atom stereocenters. The van der Waals surface area contributed by atoms with Crippen LogP contribution in [0.3, 0.4) is 0 Å². The fourth-order valence-corrected chi connectivity index (χ4v) is 5.25. The van der Waals surface area contributed by atoms with Crippen LogP contribution in [0.15, 0.2) is 23.8 Å². The molecule has 2 aliphatic heterocycles. The van der Waals surface area contributed by atoms with Gasteiger partial charge >= 0.3 is 0 Å². The largest absolute Gasteiger partial charge is 0.493 e. The van der Waals surface area contributed by atoms with Gasteiger partial charge < -0.3 is 14.6 Å². The van der Waals surface area contributed by atoms with E-state index in [1.165, 1.54) is 16.7 Å². The Morgan fingerprint density at radius 1 is 1.41 bits per heavy atom. The number of nitrogens with zero attached hydrogens (tertiary/aromatic N) is 1. The summed E-state index contributed by atoms with van der Waals surface area (Å²) in [6, 6.07) is 4.65. The van der Waals surface area contributed by atoms with Crippen LogP contribution in [-0.4, -0.2) is 49.0 Å².